The van der Waals surface area contributed by atoms with Crippen molar-refractivity contribution in [3.05, 3.63) is 35.6 Å². The van der Waals surface area contributed by atoms with Crippen molar-refractivity contribution in [2.75, 3.05) is 25.5 Å². The first-order valence-corrected chi connectivity index (χ1v) is 5.89. The Morgan fingerprint density at radius 1 is 1.32 bits per heavy atom. The summed E-state index contributed by atoms with van der Waals surface area (Å²) in [5.41, 5.74) is 1.52. The summed E-state index contributed by atoms with van der Waals surface area (Å²) in [5.74, 6) is -0.397. The largest absolute Gasteiger partial charge is 0.422 e. The molecular weight excluding hydrogens is 244 g/mol. The number of anilines is 1. The maximum Gasteiger partial charge on any atom is 0.422 e. The average molecular weight is 258 g/mol. The van der Waals surface area contributed by atoms with Crippen molar-refractivity contribution in [3.8, 4) is 0 Å². The van der Waals surface area contributed by atoms with E-state index in [2.05, 4.69) is 12.1 Å². The maximum absolute atomic E-state index is 11.8. The smallest absolute Gasteiger partial charge is 0.404 e. The van der Waals surface area contributed by atoms with Gasteiger partial charge in [-0.1, -0.05) is 6.07 Å². The Kier molecular flexibility index (Phi) is 3.43. The van der Waals surface area contributed by atoms with E-state index < -0.39 is 12.0 Å². The molecule has 1 fully saturated rings. The van der Waals surface area contributed by atoms with Crippen molar-refractivity contribution in [2.24, 2.45) is 0 Å². The summed E-state index contributed by atoms with van der Waals surface area (Å²) in [4.78, 5) is 26.1. The second-order valence-corrected chi connectivity index (χ2v) is 4.24. The average Bonchev–Trinajstić information content (AvgIpc) is 2.64. The van der Waals surface area contributed by atoms with E-state index >= 15 is 0 Å². The Balaban J connectivity index is 2.22. The molecule has 98 valence electrons. The van der Waals surface area contributed by atoms with Crippen LogP contribution in [-0.4, -0.2) is 37.5 Å². The van der Waals surface area contributed by atoms with Crippen LogP contribution in [0.5, 0.6) is 0 Å². The SMILES string of the molecule is CCN1C(=O)O/C(=C/c2c#cc(N(C)C)cc2)C1=O. The molecule has 1 aliphatic rings. The lowest BCUT2D eigenvalue weighted by molar-refractivity contribution is -0.123. The number of hydrogen-bond acceptors (Lipinski definition) is 4. The van der Waals surface area contributed by atoms with E-state index in [-0.39, 0.29) is 5.76 Å². The van der Waals surface area contributed by atoms with Crippen molar-refractivity contribution in [1.82, 2.24) is 4.90 Å². The number of ether oxygens (including phenoxy) is 1. The summed E-state index contributed by atoms with van der Waals surface area (Å²) in [6, 6.07) is 9.50. The fourth-order valence-corrected chi connectivity index (χ4v) is 1.65. The first kappa shape index (κ1) is 13.0. The van der Waals surface area contributed by atoms with E-state index in [4.69, 9.17) is 4.74 Å². The number of amides is 2. The summed E-state index contributed by atoms with van der Waals surface area (Å²) in [6.45, 7) is 2.01. The molecule has 5 heteroatoms. The first-order chi connectivity index (χ1) is 9.02. The standard InChI is InChI=1S/C14H14N2O3/c1-4-16-13(17)12(19-14(16)18)9-10-5-7-11(8-6-10)15(2)3/h5,7,9H,4H2,1-3H3/b12-9+. The molecule has 1 aromatic rings. The van der Waals surface area contributed by atoms with Crippen LogP contribution >= 0.6 is 0 Å². The molecule has 0 radical (unpaired) electrons. The summed E-state index contributed by atoms with van der Waals surface area (Å²) in [5, 5.41) is 0. The van der Waals surface area contributed by atoms with E-state index in [1.807, 2.05) is 25.1 Å². The van der Waals surface area contributed by atoms with E-state index in [0.717, 1.165) is 10.6 Å². The second-order valence-electron chi connectivity index (χ2n) is 4.24. The zero-order valence-electron chi connectivity index (χ0n) is 11.1. The highest BCUT2D eigenvalue weighted by molar-refractivity contribution is 6.09. The second kappa shape index (κ2) is 5.02. The third-order valence-corrected chi connectivity index (χ3v) is 2.71. The van der Waals surface area contributed by atoms with Gasteiger partial charge in [-0.3, -0.25) is 4.79 Å². The zero-order valence-corrected chi connectivity index (χ0v) is 11.1. The highest BCUT2D eigenvalue weighted by atomic mass is 16.6. The van der Waals surface area contributed by atoms with Crippen molar-refractivity contribution >= 4 is 23.8 Å². The first-order valence-electron chi connectivity index (χ1n) is 5.89. The molecule has 0 N–H and O–H groups in total. The van der Waals surface area contributed by atoms with Crippen molar-refractivity contribution in [2.45, 2.75) is 6.92 Å². The molecule has 0 spiro atoms. The van der Waals surface area contributed by atoms with Crippen molar-refractivity contribution in [1.29, 1.82) is 0 Å². The van der Waals surface area contributed by atoms with Crippen LogP contribution in [0.3, 0.4) is 0 Å². The number of carbonyl (C=O) groups excluding carboxylic acids is 2. The molecule has 0 unspecified atom stereocenters. The van der Waals surface area contributed by atoms with Crippen LogP contribution in [0.15, 0.2) is 17.9 Å². The summed E-state index contributed by atoms with van der Waals surface area (Å²) >= 11 is 0. The molecule has 1 aliphatic heterocycles. The Morgan fingerprint density at radius 3 is 2.53 bits per heavy atom. The highest BCUT2D eigenvalue weighted by Crippen LogP contribution is 2.19. The number of hydrogen-bond donors (Lipinski definition) is 0. The van der Waals surface area contributed by atoms with Crippen LogP contribution in [0, 0.1) is 12.1 Å². The maximum atomic E-state index is 11.8. The predicted molar refractivity (Wildman–Crippen MR) is 70.3 cm³/mol. The molecule has 0 atom stereocenters. The Bertz CT molecular complexity index is 532. The lowest BCUT2D eigenvalue weighted by Gasteiger charge is -2.08. The molecular formula is C14H14N2O3. The molecule has 2 rings (SSSR count). The van der Waals surface area contributed by atoms with Crippen molar-refractivity contribution in [3.63, 3.8) is 0 Å². The summed E-state index contributed by atoms with van der Waals surface area (Å²) in [6.07, 6.45) is 0.860. The molecule has 0 aromatic heterocycles. The van der Waals surface area contributed by atoms with Gasteiger partial charge in [-0.15, -0.1) is 0 Å². The molecule has 1 aromatic carbocycles. The number of cyclic esters (lactones) is 1. The lowest BCUT2D eigenvalue weighted by atomic mass is 10.2. The molecule has 1 heterocycles. The van der Waals surface area contributed by atoms with Gasteiger partial charge in [0.25, 0.3) is 5.91 Å². The minimum atomic E-state index is -0.632. The third-order valence-electron chi connectivity index (χ3n) is 2.71. The van der Waals surface area contributed by atoms with Crippen LogP contribution in [0.4, 0.5) is 10.5 Å². The van der Waals surface area contributed by atoms with E-state index in [1.54, 1.807) is 13.0 Å². The normalized spacial score (nSPS) is 16.6. The van der Waals surface area contributed by atoms with Gasteiger partial charge >= 0.3 is 6.09 Å². The van der Waals surface area contributed by atoms with Gasteiger partial charge in [0, 0.05) is 32.3 Å². The summed E-state index contributed by atoms with van der Waals surface area (Å²) < 4.78 is 4.91. The van der Waals surface area contributed by atoms with E-state index in [0.29, 0.717) is 12.1 Å². The van der Waals surface area contributed by atoms with E-state index in [9.17, 15) is 9.59 Å². The van der Waals surface area contributed by atoms with Gasteiger partial charge in [-0.25, -0.2) is 9.69 Å². The molecule has 19 heavy (non-hydrogen) atoms. The number of rotatable bonds is 3. The van der Waals surface area contributed by atoms with E-state index in [1.165, 1.54) is 6.08 Å². The zero-order chi connectivity index (χ0) is 14.0. The molecule has 1 saturated heterocycles. The van der Waals surface area contributed by atoms with Crippen LogP contribution < -0.4 is 4.90 Å². The minimum absolute atomic E-state index is 0.0223. The van der Waals surface area contributed by atoms with Crippen LogP contribution in [-0.2, 0) is 9.53 Å². The monoisotopic (exact) mass is 258 g/mol. The quantitative estimate of drug-likeness (QED) is 0.774. The van der Waals surface area contributed by atoms with Gasteiger partial charge in [0.2, 0.25) is 0 Å². The fraction of sp³-hybridized carbons (Fsp3) is 0.286. The highest BCUT2D eigenvalue weighted by Gasteiger charge is 2.35. The topological polar surface area (TPSA) is 49.9 Å². The molecule has 5 nitrogen and oxygen atoms in total. The van der Waals surface area contributed by atoms with Gasteiger partial charge < -0.3 is 9.64 Å². The summed E-state index contributed by atoms with van der Waals surface area (Å²) in [7, 11) is 3.80. The Hall–Kier alpha value is -2.48. The van der Waals surface area contributed by atoms with Crippen LogP contribution in [0.2, 0.25) is 0 Å². The molecule has 2 amide bonds. The van der Waals surface area contributed by atoms with Gasteiger partial charge in [0.05, 0.1) is 5.69 Å². The molecule has 0 aliphatic carbocycles. The number of carbonyl (C=O) groups is 2. The Morgan fingerprint density at radius 2 is 2.05 bits per heavy atom. The number of likely N-dealkylation sites (N-methyl/N-ethyl adjacent to an activating group) is 1. The predicted octanol–water partition coefficient (Wildman–Crippen LogP) is 1.69. The minimum Gasteiger partial charge on any atom is -0.404 e. The fourth-order valence-electron chi connectivity index (χ4n) is 1.65. The van der Waals surface area contributed by atoms with Crippen LogP contribution in [0.25, 0.3) is 6.08 Å². The van der Waals surface area contributed by atoms with Crippen LogP contribution in [0.1, 0.15) is 12.5 Å². The van der Waals surface area contributed by atoms with Gasteiger partial charge in [-0.2, -0.15) is 0 Å². The lowest BCUT2D eigenvalue weighted by Crippen LogP contribution is -2.28. The van der Waals surface area contributed by atoms with Gasteiger partial charge in [0.1, 0.15) is 0 Å². The molecule has 0 saturated carbocycles. The third kappa shape index (κ3) is 2.52. The van der Waals surface area contributed by atoms with Crippen molar-refractivity contribution < 1.29 is 14.3 Å². The number of imide groups is 1. The van der Waals surface area contributed by atoms with Gasteiger partial charge in [-0.05, 0) is 25.1 Å². The van der Waals surface area contributed by atoms with Gasteiger partial charge in [0.15, 0.2) is 5.76 Å². The molecule has 0 bridgehead atoms. The number of nitrogens with zero attached hydrogens (tertiary/aromatic N) is 2. The Labute approximate surface area is 112 Å².